The summed E-state index contributed by atoms with van der Waals surface area (Å²) in [5.74, 6) is 0. The van der Waals surface area contributed by atoms with Crippen LogP contribution in [0.1, 0.15) is 33.6 Å². The summed E-state index contributed by atoms with van der Waals surface area (Å²) >= 11 is 0. The molecule has 1 rings (SSSR count). The van der Waals surface area contributed by atoms with Gasteiger partial charge in [0.2, 0.25) is 0 Å². The van der Waals surface area contributed by atoms with Gasteiger partial charge in [-0.25, -0.2) is 0 Å². The largest absolute Gasteiger partial charge is 0.307 e. The first-order chi connectivity index (χ1) is 5.27. The summed E-state index contributed by atoms with van der Waals surface area (Å²) in [6.07, 6.45) is 2.26. The van der Waals surface area contributed by atoms with Gasteiger partial charge in [0, 0.05) is 18.3 Å². The molecule has 0 bridgehead atoms. The molecule has 2 heteroatoms. The Morgan fingerprint density at radius 3 is 2.82 bits per heavy atom. The second-order valence-electron chi connectivity index (χ2n) is 3.19. The van der Waals surface area contributed by atoms with Gasteiger partial charge in [-0.05, 0) is 19.8 Å². The third-order valence-corrected chi connectivity index (χ3v) is 2.22. The first kappa shape index (κ1) is 8.72. The lowest BCUT2D eigenvalue weighted by Gasteiger charge is -2.26. The maximum absolute atomic E-state index is 4.61. The molecular formula is C9H18N2. The van der Waals surface area contributed by atoms with Crippen LogP contribution in [0, 0.1) is 0 Å². The quantitative estimate of drug-likeness (QED) is 0.642. The molecule has 0 aromatic heterocycles. The fraction of sp³-hybridized carbons (Fsp3) is 0.889. The minimum Gasteiger partial charge on any atom is -0.307 e. The van der Waals surface area contributed by atoms with Crippen LogP contribution in [0.25, 0.3) is 0 Å². The van der Waals surface area contributed by atoms with Gasteiger partial charge < -0.3 is 5.32 Å². The molecule has 2 atom stereocenters. The molecule has 0 fully saturated rings. The van der Waals surface area contributed by atoms with E-state index in [1.807, 2.05) is 0 Å². The number of nitrogens with zero attached hydrogens (tertiary/aromatic N) is 1. The van der Waals surface area contributed by atoms with Crippen LogP contribution in [0.4, 0.5) is 0 Å². The van der Waals surface area contributed by atoms with Gasteiger partial charge in [-0.2, -0.15) is 0 Å². The molecule has 0 spiro atoms. The van der Waals surface area contributed by atoms with Crippen LogP contribution in [-0.2, 0) is 0 Å². The minimum absolute atomic E-state index is 0.479. The average Bonchev–Trinajstić information content (AvgIpc) is 2.04. The van der Waals surface area contributed by atoms with E-state index in [0.29, 0.717) is 12.1 Å². The van der Waals surface area contributed by atoms with E-state index >= 15 is 0 Å². The molecule has 0 aromatic rings. The van der Waals surface area contributed by atoms with Gasteiger partial charge in [-0.1, -0.05) is 13.8 Å². The van der Waals surface area contributed by atoms with E-state index in [-0.39, 0.29) is 0 Å². The van der Waals surface area contributed by atoms with Crippen molar-refractivity contribution >= 4 is 5.71 Å². The van der Waals surface area contributed by atoms with Gasteiger partial charge in [-0.3, -0.25) is 4.99 Å². The van der Waals surface area contributed by atoms with Crippen LogP contribution >= 0.6 is 0 Å². The molecule has 0 amide bonds. The summed E-state index contributed by atoms with van der Waals surface area (Å²) in [4.78, 5) is 4.61. The number of hydrogen-bond acceptors (Lipinski definition) is 2. The summed E-state index contributed by atoms with van der Waals surface area (Å²) in [5.41, 5.74) is 1.35. The highest BCUT2D eigenvalue weighted by atomic mass is 15.0. The number of aliphatic imine (C=N–C) groups is 1. The molecule has 2 nitrogen and oxygen atoms in total. The van der Waals surface area contributed by atoms with Gasteiger partial charge in [-0.15, -0.1) is 0 Å². The van der Waals surface area contributed by atoms with Crippen LogP contribution in [0.3, 0.4) is 0 Å². The Morgan fingerprint density at radius 2 is 2.27 bits per heavy atom. The van der Waals surface area contributed by atoms with Crippen molar-refractivity contribution < 1.29 is 0 Å². The minimum atomic E-state index is 0.479. The molecule has 0 radical (unpaired) electrons. The first-order valence-electron chi connectivity index (χ1n) is 4.57. The number of nitrogens with one attached hydrogen (secondary N) is 1. The van der Waals surface area contributed by atoms with E-state index < -0.39 is 0 Å². The fourth-order valence-corrected chi connectivity index (χ4v) is 1.57. The van der Waals surface area contributed by atoms with Crippen LogP contribution in [0.5, 0.6) is 0 Å². The van der Waals surface area contributed by atoms with Crippen LogP contribution < -0.4 is 5.32 Å². The third-order valence-electron chi connectivity index (χ3n) is 2.22. The Morgan fingerprint density at radius 1 is 1.55 bits per heavy atom. The van der Waals surface area contributed by atoms with E-state index in [9.17, 15) is 0 Å². The molecule has 1 N–H and O–H groups in total. The Hall–Kier alpha value is -0.370. The molecule has 0 saturated carbocycles. The van der Waals surface area contributed by atoms with Crippen molar-refractivity contribution in [2.24, 2.45) is 4.99 Å². The standard InChI is InChI=1S/C9H18N2/c1-4-8-9(5-2)11-7(3)6-10-8/h7-8,10H,4-6H2,1-3H3/t7-,8+/m1/s1. The van der Waals surface area contributed by atoms with E-state index in [2.05, 4.69) is 31.1 Å². The van der Waals surface area contributed by atoms with Gasteiger partial charge in [0.25, 0.3) is 0 Å². The predicted molar refractivity (Wildman–Crippen MR) is 49.3 cm³/mol. The van der Waals surface area contributed by atoms with Crippen LogP contribution in [-0.4, -0.2) is 24.3 Å². The first-order valence-corrected chi connectivity index (χ1v) is 4.57. The van der Waals surface area contributed by atoms with Crippen molar-refractivity contribution in [2.45, 2.75) is 45.7 Å². The number of hydrogen-bond donors (Lipinski definition) is 1. The normalized spacial score (nSPS) is 31.7. The zero-order chi connectivity index (χ0) is 8.27. The summed E-state index contributed by atoms with van der Waals surface area (Å²) in [6, 6.07) is 1.03. The van der Waals surface area contributed by atoms with Crippen LogP contribution in [0.2, 0.25) is 0 Å². The molecule has 1 heterocycles. The monoisotopic (exact) mass is 154 g/mol. The topological polar surface area (TPSA) is 24.4 Å². The third kappa shape index (κ3) is 2.03. The maximum Gasteiger partial charge on any atom is 0.0596 e. The Kier molecular flexibility index (Phi) is 3.06. The molecule has 0 aliphatic carbocycles. The molecule has 0 unspecified atom stereocenters. The van der Waals surface area contributed by atoms with E-state index in [1.54, 1.807) is 0 Å². The molecule has 64 valence electrons. The van der Waals surface area contributed by atoms with Crippen molar-refractivity contribution in [3.8, 4) is 0 Å². The zero-order valence-corrected chi connectivity index (χ0v) is 7.72. The summed E-state index contributed by atoms with van der Waals surface area (Å²) in [5, 5.41) is 3.49. The second-order valence-corrected chi connectivity index (χ2v) is 3.19. The fourth-order valence-electron chi connectivity index (χ4n) is 1.57. The average molecular weight is 154 g/mol. The van der Waals surface area contributed by atoms with Crippen LogP contribution in [0.15, 0.2) is 4.99 Å². The summed E-state index contributed by atoms with van der Waals surface area (Å²) < 4.78 is 0. The summed E-state index contributed by atoms with van der Waals surface area (Å²) in [7, 11) is 0. The van der Waals surface area contributed by atoms with Crippen molar-refractivity contribution in [1.29, 1.82) is 0 Å². The molecule has 1 aliphatic heterocycles. The van der Waals surface area contributed by atoms with Gasteiger partial charge in [0.15, 0.2) is 0 Å². The van der Waals surface area contributed by atoms with Crippen molar-refractivity contribution in [1.82, 2.24) is 5.32 Å². The molecule has 0 aromatic carbocycles. The van der Waals surface area contributed by atoms with Gasteiger partial charge >= 0.3 is 0 Å². The zero-order valence-electron chi connectivity index (χ0n) is 7.72. The molecule has 11 heavy (non-hydrogen) atoms. The Labute approximate surface area is 69.1 Å². The number of rotatable bonds is 2. The Bertz CT molecular complexity index is 152. The summed E-state index contributed by atoms with van der Waals surface area (Å²) in [6.45, 7) is 7.59. The maximum atomic E-state index is 4.61. The second kappa shape index (κ2) is 3.86. The molecular weight excluding hydrogens is 136 g/mol. The lowest BCUT2D eigenvalue weighted by molar-refractivity contribution is 0.520. The van der Waals surface area contributed by atoms with Crippen molar-refractivity contribution in [3.05, 3.63) is 0 Å². The van der Waals surface area contributed by atoms with Crippen molar-refractivity contribution in [3.63, 3.8) is 0 Å². The smallest absolute Gasteiger partial charge is 0.0596 e. The lowest BCUT2D eigenvalue weighted by Crippen LogP contribution is -2.44. The lowest BCUT2D eigenvalue weighted by atomic mass is 10.0. The highest BCUT2D eigenvalue weighted by molar-refractivity contribution is 5.90. The molecule has 0 saturated heterocycles. The van der Waals surface area contributed by atoms with E-state index in [0.717, 1.165) is 13.0 Å². The van der Waals surface area contributed by atoms with Gasteiger partial charge in [0.1, 0.15) is 0 Å². The molecule has 1 aliphatic rings. The van der Waals surface area contributed by atoms with E-state index in [1.165, 1.54) is 12.1 Å². The SMILES string of the molecule is CCC1=N[C@H](C)CN[C@H]1CC. The van der Waals surface area contributed by atoms with Crippen molar-refractivity contribution in [2.75, 3.05) is 6.54 Å². The highest BCUT2D eigenvalue weighted by Gasteiger charge is 2.17. The predicted octanol–water partition coefficient (Wildman–Crippen LogP) is 1.61. The van der Waals surface area contributed by atoms with E-state index in [4.69, 9.17) is 0 Å². The Balaban J connectivity index is 2.63. The highest BCUT2D eigenvalue weighted by Crippen LogP contribution is 2.07. The van der Waals surface area contributed by atoms with Gasteiger partial charge in [0.05, 0.1) is 6.04 Å².